The molecule has 6 nitrogen and oxygen atoms in total. The highest BCUT2D eigenvalue weighted by Crippen LogP contribution is 2.23. The van der Waals surface area contributed by atoms with E-state index in [4.69, 9.17) is 10.5 Å². The highest BCUT2D eigenvalue weighted by atomic mass is 35.5. The van der Waals surface area contributed by atoms with Crippen LogP contribution >= 0.6 is 12.4 Å². The smallest absolute Gasteiger partial charge is 0.251 e. The van der Waals surface area contributed by atoms with Crippen LogP contribution in [-0.4, -0.2) is 23.2 Å². The van der Waals surface area contributed by atoms with Gasteiger partial charge in [0.15, 0.2) is 0 Å². The van der Waals surface area contributed by atoms with Crippen LogP contribution in [0, 0.1) is 12.8 Å². The number of hydrogen-bond acceptors (Lipinski definition) is 5. The molecule has 1 aromatic carbocycles. The van der Waals surface area contributed by atoms with Gasteiger partial charge in [0.05, 0.1) is 0 Å². The average Bonchev–Trinajstić information content (AvgIpc) is 3.04. The van der Waals surface area contributed by atoms with Crippen LogP contribution in [0.2, 0.25) is 0 Å². The van der Waals surface area contributed by atoms with Crippen molar-refractivity contribution in [2.45, 2.75) is 32.7 Å². The van der Waals surface area contributed by atoms with Crippen LogP contribution in [0.15, 0.2) is 36.4 Å². The van der Waals surface area contributed by atoms with E-state index in [1.165, 1.54) is 0 Å². The van der Waals surface area contributed by atoms with Crippen molar-refractivity contribution in [2.75, 3.05) is 6.54 Å². The number of rotatable bonds is 6. The van der Waals surface area contributed by atoms with Gasteiger partial charge < -0.3 is 15.8 Å². The van der Waals surface area contributed by atoms with E-state index < -0.39 is 0 Å². The molecule has 1 unspecified atom stereocenters. The Labute approximate surface area is 164 Å². The van der Waals surface area contributed by atoms with Gasteiger partial charge >= 0.3 is 0 Å². The number of aryl methyl sites for hydroxylation is 1. The van der Waals surface area contributed by atoms with Crippen LogP contribution in [0.25, 0.3) is 0 Å². The second-order valence-corrected chi connectivity index (χ2v) is 6.65. The lowest BCUT2D eigenvalue weighted by atomic mass is 10.1. The summed E-state index contributed by atoms with van der Waals surface area (Å²) in [5.74, 6) is 1.34. The van der Waals surface area contributed by atoms with E-state index in [-0.39, 0.29) is 30.0 Å². The molecular weight excluding hydrogens is 366 g/mol. The van der Waals surface area contributed by atoms with E-state index in [1.807, 2.05) is 13.0 Å². The lowest BCUT2D eigenvalue weighted by Gasteiger charge is -2.11. The summed E-state index contributed by atoms with van der Waals surface area (Å²) in [6, 6.07) is 10.7. The molecule has 144 valence electrons. The monoisotopic (exact) mass is 389 g/mol. The van der Waals surface area contributed by atoms with Crippen molar-refractivity contribution in [1.29, 1.82) is 0 Å². The van der Waals surface area contributed by atoms with Gasteiger partial charge in [-0.15, -0.1) is 12.4 Å². The molecule has 0 radical (unpaired) electrons. The van der Waals surface area contributed by atoms with Crippen molar-refractivity contribution in [3.05, 3.63) is 53.2 Å². The van der Waals surface area contributed by atoms with Gasteiger partial charge in [-0.25, -0.2) is 4.98 Å². The highest BCUT2D eigenvalue weighted by molar-refractivity contribution is 5.94. The predicted molar refractivity (Wildman–Crippen MR) is 105 cm³/mol. The minimum atomic E-state index is -0.172. The van der Waals surface area contributed by atoms with Crippen molar-refractivity contribution in [1.82, 2.24) is 10.3 Å². The summed E-state index contributed by atoms with van der Waals surface area (Å²) >= 11 is 0. The van der Waals surface area contributed by atoms with Crippen molar-refractivity contribution >= 4 is 24.1 Å². The Kier molecular flexibility index (Phi) is 7.33. The summed E-state index contributed by atoms with van der Waals surface area (Å²) in [6.07, 6.45) is 2.04. The Morgan fingerprint density at radius 1 is 1.33 bits per heavy atom. The van der Waals surface area contributed by atoms with Gasteiger partial charge in [0.2, 0.25) is 5.88 Å². The van der Waals surface area contributed by atoms with Crippen LogP contribution in [0.1, 0.15) is 40.9 Å². The molecule has 7 heteroatoms. The van der Waals surface area contributed by atoms with Crippen molar-refractivity contribution in [3.63, 3.8) is 0 Å². The number of carbonyl (C=O) groups is 2. The average molecular weight is 390 g/mol. The van der Waals surface area contributed by atoms with Gasteiger partial charge in [-0.3, -0.25) is 9.59 Å². The topological polar surface area (TPSA) is 94.3 Å². The zero-order valence-corrected chi connectivity index (χ0v) is 16.1. The molecule has 3 rings (SSSR count). The summed E-state index contributed by atoms with van der Waals surface area (Å²) in [6.45, 7) is 2.81. The van der Waals surface area contributed by atoms with Gasteiger partial charge in [-0.1, -0.05) is 6.07 Å². The predicted octanol–water partition coefficient (Wildman–Crippen LogP) is 3.16. The van der Waals surface area contributed by atoms with Crippen LogP contribution in [0.4, 0.5) is 0 Å². The molecule has 1 atom stereocenters. The summed E-state index contributed by atoms with van der Waals surface area (Å²) in [4.78, 5) is 28.0. The number of pyridine rings is 1. The fraction of sp³-hybridized carbons (Fsp3) is 0.350. The quantitative estimate of drug-likeness (QED) is 0.791. The SMILES string of the molecule is Cc1cc(CN)cc(Oc2cccc(C(=O)NCC3CCC(=O)C3)c2)n1.Cl. The number of ether oxygens (including phenoxy) is 1. The number of nitrogens with two attached hydrogens (primary N) is 1. The molecule has 3 N–H and O–H groups in total. The van der Waals surface area contributed by atoms with Gasteiger partial charge in [-0.05, 0) is 49.1 Å². The highest BCUT2D eigenvalue weighted by Gasteiger charge is 2.22. The Morgan fingerprint density at radius 2 is 2.15 bits per heavy atom. The molecule has 0 saturated heterocycles. The van der Waals surface area contributed by atoms with E-state index >= 15 is 0 Å². The van der Waals surface area contributed by atoms with E-state index in [9.17, 15) is 9.59 Å². The number of Topliss-reactive ketones (excluding diaryl/α,β-unsaturated/α-hetero) is 1. The van der Waals surface area contributed by atoms with Gasteiger partial charge in [0.1, 0.15) is 11.5 Å². The molecule has 1 aromatic heterocycles. The summed E-state index contributed by atoms with van der Waals surface area (Å²) in [5.41, 5.74) is 7.95. The number of halogens is 1. The van der Waals surface area contributed by atoms with E-state index in [1.54, 1.807) is 30.3 Å². The Morgan fingerprint density at radius 3 is 2.85 bits per heavy atom. The minimum absolute atomic E-state index is 0. The molecule has 0 bridgehead atoms. The minimum Gasteiger partial charge on any atom is -0.439 e. The number of nitrogens with one attached hydrogen (secondary N) is 1. The number of aromatic nitrogens is 1. The molecule has 27 heavy (non-hydrogen) atoms. The first-order valence-electron chi connectivity index (χ1n) is 8.79. The first-order valence-corrected chi connectivity index (χ1v) is 8.79. The van der Waals surface area contributed by atoms with Gasteiger partial charge in [0.25, 0.3) is 5.91 Å². The van der Waals surface area contributed by atoms with Crippen molar-refractivity contribution in [3.8, 4) is 11.6 Å². The lowest BCUT2D eigenvalue weighted by molar-refractivity contribution is -0.117. The molecule has 0 spiro atoms. The van der Waals surface area contributed by atoms with Gasteiger partial charge in [-0.2, -0.15) is 0 Å². The number of benzene rings is 1. The molecule has 2 aromatic rings. The molecular formula is C20H24ClN3O3. The van der Waals surface area contributed by atoms with Crippen LogP contribution in [0.3, 0.4) is 0 Å². The fourth-order valence-corrected chi connectivity index (χ4v) is 3.10. The molecule has 1 heterocycles. The molecule has 1 amide bonds. The standard InChI is InChI=1S/C20H23N3O3.ClH/c1-13-7-15(11-21)9-19(23-13)26-18-4-2-3-16(10-18)20(25)22-12-14-5-6-17(24)8-14;/h2-4,7,9-10,14H,5-6,8,11-12,21H2,1H3,(H,22,25);1H. The maximum absolute atomic E-state index is 12.4. The zero-order valence-electron chi connectivity index (χ0n) is 15.2. The fourth-order valence-electron chi connectivity index (χ4n) is 3.10. The molecule has 1 fully saturated rings. The largest absolute Gasteiger partial charge is 0.439 e. The third-order valence-electron chi connectivity index (χ3n) is 4.44. The maximum atomic E-state index is 12.4. The molecule has 0 aliphatic heterocycles. The zero-order chi connectivity index (χ0) is 18.5. The number of hydrogen-bond donors (Lipinski definition) is 2. The Bertz CT molecular complexity index is 826. The maximum Gasteiger partial charge on any atom is 0.251 e. The second-order valence-electron chi connectivity index (χ2n) is 6.65. The van der Waals surface area contributed by atoms with E-state index in [0.717, 1.165) is 17.7 Å². The third-order valence-corrected chi connectivity index (χ3v) is 4.44. The number of ketones is 1. The number of amides is 1. The first-order chi connectivity index (χ1) is 12.5. The number of carbonyl (C=O) groups excluding carboxylic acids is 2. The third kappa shape index (κ3) is 5.77. The normalized spacial score (nSPS) is 15.9. The Hall–Kier alpha value is -2.44. The first kappa shape index (κ1) is 20.9. The van der Waals surface area contributed by atoms with Gasteiger partial charge in [0, 0.05) is 43.3 Å². The molecule has 1 aliphatic carbocycles. The summed E-state index contributed by atoms with van der Waals surface area (Å²) < 4.78 is 5.79. The van der Waals surface area contributed by atoms with Crippen LogP contribution in [-0.2, 0) is 11.3 Å². The number of nitrogens with zero attached hydrogens (tertiary/aromatic N) is 1. The van der Waals surface area contributed by atoms with Crippen molar-refractivity contribution in [2.24, 2.45) is 11.7 Å². The molecule has 1 saturated carbocycles. The van der Waals surface area contributed by atoms with Crippen LogP contribution in [0.5, 0.6) is 11.6 Å². The molecule has 1 aliphatic rings. The Balaban J connectivity index is 0.00000261. The summed E-state index contributed by atoms with van der Waals surface area (Å²) in [5, 5.41) is 2.90. The van der Waals surface area contributed by atoms with Crippen molar-refractivity contribution < 1.29 is 14.3 Å². The summed E-state index contributed by atoms with van der Waals surface area (Å²) in [7, 11) is 0. The van der Waals surface area contributed by atoms with E-state index in [0.29, 0.717) is 43.1 Å². The van der Waals surface area contributed by atoms with E-state index in [2.05, 4.69) is 10.3 Å². The van der Waals surface area contributed by atoms with Crippen LogP contribution < -0.4 is 15.8 Å². The lowest BCUT2D eigenvalue weighted by Crippen LogP contribution is -2.28. The second kappa shape index (κ2) is 9.48.